The normalized spacial score (nSPS) is 17.7. The molecule has 0 N–H and O–H groups in total. The first kappa shape index (κ1) is 19.4. The third-order valence-corrected chi connectivity index (χ3v) is 6.91. The Morgan fingerprint density at radius 3 is 2.83 bits per heavy atom. The molecule has 5 rings (SSSR count). The molecule has 0 spiro atoms. The van der Waals surface area contributed by atoms with Crippen LogP contribution in [0, 0.1) is 0 Å². The van der Waals surface area contributed by atoms with Gasteiger partial charge in [-0.15, -0.1) is 21.5 Å². The highest BCUT2D eigenvalue weighted by Gasteiger charge is 2.31. The lowest BCUT2D eigenvalue weighted by Crippen LogP contribution is -2.42. The van der Waals surface area contributed by atoms with Crippen LogP contribution < -0.4 is 9.47 Å². The summed E-state index contributed by atoms with van der Waals surface area (Å²) >= 11 is 3.11. The highest BCUT2D eigenvalue weighted by molar-refractivity contribution is 7.99. The van der Waals surface area contributed by atoms with Gasteiger partial charge in [0.2, 0.25) is 5.91 Å². The number of carbonyl (C=O) groups is 1. The average molecular weight is 443 g/mol. The molecule has 7 nitrogen and oxygen atoms in total. The van der Waals surface area contributed by atoms with Crippen LogP contribution in [-0.4, -0.2) is 57.6 Å². The van der Waals surface area contributed by atoms with Crippen molar-refractivity contribution in [1.82, 2.24) is 19.7 Å². The number of benzene rings is 1. The van der Waals surface area contributed by atoms with E-state index in [0.29, 0.717) is 24.9 Å². The predicted octanol–water partition coefficient (Wildman–Crippen LogP) is 3.73. The minimum absolute atomic E-state index is 0.0329. The summed E-state index contributed by atoms with van der Waals surface area (Å²) < 4.78 is 13.9. The summed E-state index contributed by atoms with van der Waals surface area (Å²) in [6.45, 7) is 0.908. The first-order valence-electron chi connectivity index (χ1n) is 9.93. The van der Waals surface area contributed by atoms with E-state index in [1.807, 2.05) is 35.7 Å². The maximum absolute atomic E-state index is 12.7. The first-order valence-corrected chi connectivity index (χ1v) is 11.8. The molecular weight excluding hydrogens is 420 g/mol. The van der Waals surface area contributed by atoms with Gasteiger partial charge in [-0.05, 0) is 36.4 Å². The van der Waals surface area contributed by atoms with Gasteiger partial charge < -0.3 is 14.4 Å². The Bertz CT molecular complexity index is 1030. The quantitative estimate of drug-likeness (QED) is 0.520. The van der Waals surface area contributed by atoms with Crippen LogP contribution in [0.3, 0.4) is 0 Å². The average Bonchev–Trinajstić information content (AvgIpc) is 3.28. The van der Waals surface area contributed by atoms with Gasteiger partial charge in [-0.2, -0.15) is 0 Å². The van der Waals surface area contributed by atoms with E-state index in [1.165, 1.54) is 11.8 Å². The lowest BCUT2D eigenvalue weighted by atomic mass is 10.2. The van der Waals surface area contributed by atoms with Crippen LogP contribution in [-0.2, 0) is 4.79 Å². The van der Waals surface area contributed by atoms with Crippen molar-refractivity contribution in [2.24, 2.45) is 0 Å². The van der Waals surface area contributed by atoms with Gasteiger partial charge in [0.05, 0.1) is 17.2 Å². The molecule has 0 bridgehead atoms. The van der Waals surface area contributed by atoms with Crippen molar-refractivity contribution in [3.63, 3.8) is 0 Å². The van der Waals surface area contributed by atoms with E-state index in [4.69, 9.17) is 9.47 Å². The molecule has 1 amide bonds. The SMILES string of the molecule is CN(C[C@@H]1COc2ccccc2O1)C(=O)CSc1nnc(-c2cccs2)n1C1CC1. The van der Waals surface area contributed by atoms with E-state index in [0.717, 1.165) is 40.2 Å². The number of aromatic nitrogens is 3. The first-order chi connectivity index (χ1) is 14.7. The molecule has 2 aliphatic rings. The van der Waals surface area contributed by atoms with Gasteiger partial charge in [0.15, 0.2) is 28.6 Å². The lowest BCUT2D eigenvalue weighted by molar-refractivity contribution is -0.128. The molecule has 3 heterocycles. The zero-order chi connectivity index (χ0) is 20.5. The van der Waals surface area contributed by atoms with Crippen molar-refractivity contribution in [2.45, 2.75) is 30.1 Å². The number of rotatable bonds is 7. The fraction of sp³-hybridized carbons (Fsp3) is 0.381. The van der Waals surface area contributed by atoms with Crippen LogP contribution >= 0.6 is 23.1 Å². The molecule has 1 aliphatic carbocycles. The third kappa shape index (κ3) is 4.04. The van der Waals surface area contributed by atoms with Crippen molar-refractivity contribution in [2.75, 3.05) is 26.0 Å². The molecule has 1 atom stereocenters. The Balaban J connectivity index is 1.20. The molecule has 1 aromatic carbocycles. The maximum Gasteiger partial charge on any atom is 0.232 e. The van der Waals surface area contributed by atoms with E-state index in [9.17, 15) is 4.79 Å². The minimum atomic E-state index is -0.181. The topological polar surface area (TPSA) is 69.5 Å². The standard InChI is InChI=1S/C21H22N4O3S2/c1-24(11-15-12-27-16-5-2-3-6-17(16)28-15)19(26)13-30-21-23-22-20(18-7-4-10-29-18)25(21)14-8-9-14/h2-7,10,14-15H,8-9,11-13H2,1H3/t15-/m1/s1. The monoisotopic (exact) mass is 442 g/mol. The molecule has 30 heavy (non-hydrogen) atoms. The van der Waals surface area contributed by atoms with E-state index in [1.54, 1.807) is 23.3 Å². The van der Waals surface area contributed by atoms with Gasteiger partial charge in [-0.1, -0.05) is 30.0 Å². The fourth-order valence-electron chi connectivity index (χ4n) is 3.41. The Labute approximate surface area is 183 Å². The summed E-state index contributed by atoms with van der Waals surface area (Å²) in [6.07, 6.45) is 2.09. The van der Waals surface area contributed by atoms with Crippen LogP contribution in [0.1, 0.15) is 18.9 Å². The van der Waals surface area contributed by atoms with Crippen LogP contribution in [0.25, 0.3) is 10.7 Å². The van der Waals surface area contributed by atoms with E-state index in [2.05, 4.69) is 20.8 Å². The Morgan fingerprint density at radius 2 is 2.07 bits per heavy atom. The fourth-order valence-corrected chi connectivity index (χ4v) is 5.06. The highest BCUT2D eigenvalue weighted by Crippen LogP contribution is 2.41. The van der Waals surface area contributed by atoms with E-state index >= 15 is 0 Å². The minimum Gasteiger partial charge on any atom is -0.486 e. The van der Waals surface area contributed by atoms with Crippen molar-refractivity contribution >= 4 is 29.0 Å². The van der Waals surface area contributed by atoms with Gasteiger partial charge in [-0.25, -0.2) is 0 Å². The van der Waals surface area contributed by atoms with Gasteiger partial charge in [0.1, 0.15) is 6.61 Å². The molecule has 1 saturated carbocycles. The maximum atomic E-state index is 12.7. The summed E-state index contributed by atoms with van der Waals surface area (Å²) in [6, 6.07) is 12.1. The number of fused-ring (bicyclic) bond motifs is 1. The summed E-state index contributed by atoms with van der Waals surface area (Å²) in [7, 11) is 1.80. The van der Waals surface area contributed by atoms with E-state index in [-0.39, 0.29) is 12.0 Å². The van der Waals surface area contributed by atoms with Crippen molar-refractivity contribution in [1.29, 1.82) is 0 Å². The predicted molar refractivity (Wildman–Crippen MR) is 116 cm³/mol. The molecule has 2 aromatic heterocycles. The second-order valence-electron chi connectivity index (χ2n) is 7.45. The molecule has 1 fully saturated rings. The molecule has 0 radical (unpaired) electrons. The lowest BCUT2D eigenvalue weighted by Gasteiger charge is -2.29. The molecular formula is C21H22N4O3S2. The largest absolute Gasteiger partial charge is 0.486 e. The smallest absolute Gasteiger partial charge is 0.232 e. The van der Waals surface area contributed by atoms with Crippen LogP contribution in [0.2, 0.25) is 0 Å². The number of hydrogen-bond acceptors (Lipinski definition) is 7. The molecule has 156 valence electrons. The second kappa shape index (κ2) is 8.31. The van der Waals surface area contributed by atoms with E-state index < -0.39 is 0 Å². The molecule has 3 aromatic rings. The zero-order valence-electron chi connectivity index (χ0n) is 16.6. The van der Waals surface area contributed by atoms with Crippen LogP contribution in [0.15, 0.2) is 46.9 Å². The van der Waals surface area contributed by atoms with Crippen molar-refractivity contribution in [3.8, 4) is 22.2 Å². The number of para-hydroxylation sites is 2. The molecule has 0 unspecified atom stereocenters. The number of thioether (sulfide) groups is 1. The number of thiophene rings is 1. The molecule has 0 saturated heterocycles. The summed E-state index contributed by atoms with van der Waals surface area (Å²) in [5, 5.41) is 11.6. The Kier molecular flexibility index (Phi) is 5.39. The van der Waals surface area contributed by atoms with Gasteiger partial charge in [0.25, 0.3) is 0 Å². The number of carbonyl (C=O) groups excluding carboxylic acids is 1. The van der Waals surface area contributed by atoms with Gasteiger partial charge in [-0.3, -0.25) is 9.36 Å². The summed E-state index contributed by atoms with van der Waals surface area (Å²) in [5.41, 5.74) is 0. The number of nitrogens with zero attached hydrogens (tertiary/aromatic N) is 4. The summed E-state index contributed by atoms with van der Waals surface area (Å²) in [4.78, 5) is 15.5. The molecule has 1 aliphatic heterocycles. The zero-order valence-corrected chi connectivity index (χ0v) is 18.2. The van der Waals surface area contributed by atoms with Crippen molar-refractivity contribution in [3.05, 3.63) is 41.8 Å². The number of likely N-dealkylation sites (N-methyl/N-ethyl adjacent to an activating group) is 1. The second-order valence-corrected chi connectivity index (χ2v) is 9.34. The Hall–Kier alpha value is -2.52. The number of ether oxygens (including phenoxy) is 2. The van der Waals surface area contributed by atoms with Crippen molar-refractivity contribution < 1.29 is 14.3 Å². The molecule has 9 heteroatoms. The van der Waals surface area contributed by atoms with Gasteiger partial charge in [0, 0.05) is 13.1 Å². The Morgan fingerprint density at radius 1 is 1.23 bits per heavy atom. The summed E-state index contributed by atoms with van der Waals surface area (Å²) in [5.74, 6) is 2.73. The van der Waals surface area contributed by atoms with Crippen LogP contribution in [0.5, 0.6) is 11.5 Å². The van der Waals surface area contributed by atoms with Gasteiger partial charge >= 0.3 is 0 Å². The third-order valence-electron chi connectivity index (χ3n) is 5.11. The number of amides is 1. The number of hydrogen-bond donors (Lipinski definition) is 0. The highest BCUT2D eigenvalue weighted by atomic mass is 32.2. The van der Waals surface area contributed by atoms with Crippen LogP contribution in [0.4, 0.5) is 0 Å².